The van der Waals surface area contributed by atoms with Gasteiger partial charge in [0.15, 0.2) is 5.69 Å². The first-order valence-corrected chi connectivity index (χ1v) is 10.9. The zero-order valence-corrected chi connectivity index (χ0v) is 20.0. The van der Waals surface area contributed by atoms with E-state index in [-0.39, 0.29) is 28.7 Å². The van der Waals surface area contributed by atoms with Gasteiger partial charge in [0.1, 0.15) is 12.3 Å². The Labute approximate surface area is 196 Å². The van der Waals surface area contributed by atoms with Crippen LogP contribution < -0.4 is 9.64 Å². The standard InChI is InChI=1S/C19H20BrCl2F3N4O2/c1-10-8-27(14-7-15(31-3)13(22)6-12(14)21)4-5-28(10)16(30)9-29-11(2)17(20)18(26-29)19(23,24)25/h6-7,10H,4-5,8-9H2,1-3H3/t10-/m0/s1. The highest BCUT2D eigenvalue weighted by atomic mass is 79.9. The Morgan fingerprint density at radius 2 is 1.97 bits per heavy atom. The Balaban J connectivity index is 1.73. The number of hydrogen-bond acceptors (Lipinski definition) is 4. The molecule has 0 saturated carbocycles. The fourth-order valence-electron chi connectivity index (χ4n) is 3.54. The third-order valence-corrected chi connectivity index (χ3v) is 6.74. The van der Waals surface area contributed by atoms with E-state index in [2.05, 4.69) is 21.0 Å². The van der Waals surface area contributed by atoms with Gasteiger partial charge in [0.25, 0.3) is 0 Å². The van der Waals surface area contributed by atoms with Crippen molar-refractivity contribution in [3.8, 4) is 5.75 Å². The average Bonchev–Trinajstić information content (AvgIpc) is 2.96. The highest BCUT2D eigenvalue weighted by molar-refractivity contribution is 9.10. The molecule has 1 saturated heterocycles. The van der Waals surface area contributed by atoms with Crippen LogP contribution in [0.2, 0.25) is 10.0 Å². The summed E-state index contributed by atoms with van der Waals surface area (Å²) < 4.78 is 45.4. The summed E-state index contributed by atoms with van der Waals surface area (Å²) in [6, 6.07) is 3.16. The molecule has 3 rings (SSSR count). The molecule has 0 aliphatic carbocycles. The van der Waals surface area contributed by atoms with Crippen molar-refractivity contribution < 1.29 is 22.7 Å². The molecule has 31 heavy (non-hydrogen) atoms. The summed E-state index contributed by atoms with van der Waals surface area (Å²) >= 11 is 15.4. The quantitative estimate of drug-likeness (QED) is 0.543. The Bertz CT molecular complexity index is 1000. The van der Waals surface area contributed by atoms with Crippen LogP contribution in [0.5, 0.6) is 5.75 Å². The van der Waals surface area contributed by atoms with Gasteiger partial charge in [0.05, 0.1) is 33.0 Å². The number of amides is 1. The highest BCUT2D eigenvalue weighted by Crippen LogP contribution is 2.37. The zero-order chi connectivity index (χ0) is 23.1. The first kappa shape index (κ1) is 24.0. The summed E-state index contributed by atoms with van der Waals surface area (Å²) in [5.41, 5.74) is -0.0578. The van der Waals surface area contributed by atoms with Crippen molar-refractivity contribution in [1.82, 2.24) is 14.7 Å². The smallest absolute Gasteiger partial charge is 0.436 e. The Kier molecular flexibility index (Phi) is 7.02. The lowest BCUT2D eigenvalue weighted by Crippen LogP contribution is -2.55. The number of aromatic nitrogens is 2. The van der Waals surface area contributed by atoms with Gasteiger partial charge in [-0.05, 0) is 35.8 Å². The number of carbonyl (C=O) groups excluding carboxylic acids is 1. The molecule has 12 heteroatoms. The van der Waals surface area contributed by atoms with E-state index >= 15 is 0 Å². The predicted molar refractivity (Wildman–Crippen MR) is 116 cm³/mol. The number of piperazine rings is 1. The average molecular weight is 544 g/mol. The summed E-state index contributed by atoms with van der Waals surface area (Å²) in [5, 5.41) is 4.45. The van der Waals surface area contributed by atoms with Crippen LogP contribution >= 0.6 is 39.1 Å². The van der Waals surface area contributed by atoms with Crippen molar-refractivity contribution in [2.24, 2.45) is 0 Å². The number of carbonyl (C=O) groups is 1. The lowest BCUT2D eigenvalue weighted by atomic mass is 10.1. The molecule has 1 aromatic carbocycles. The Morgan fingerprint density at radius 3 is 2.52 bits per heavy atom. The molecule has 1 fully saturated rings. The van der Waals surface area contributed by atoms with Crippen molar-refractivity contribution in [1.29, 1.82) is 0 Å². The van der Waals surface area contributed by atoms with Crippen LogP contribution in [0.3, 0.4) is 0 Å². The molecule has 0 N–H and O–H groups in total. The third-order valence-electron chi connectivity index (χ3n) is 5.20. The molecule has 1 amide bonds. The molecule has 1 aromatic heterocycles. The molecular weight excluding hydrogens is 524 g/mol. The number of halogens is 6. The Hall–Kier alpha value is -1.65. The molecule has 0 spiro atoms. The van der Waals surface area contributed by atoms with Crippen LogP contribution in [-0.4, -0.2) is 53.4 Å². The minimum Gasteiger partial charge on any atom is -0.495 e. The van der Waals surface area contributed by atoms with Crippen LogP contribution in [0, 0.1) is 6.92 Å². The second kappa shape index (κ2) is 9.07. The number of methoxy groups -OCH3 is 1. The molecule has 1 atom stereocenters. The largest absolute Gasteiger partial charge is 0.495 e. The number of benzene rings is 1. The van der Waals surface area contributed by atoms with Crippen molar-refractivity contribution in [2.75, 3.05) is 31.6 Å². The first-order chi connectivity index (χ1) is 14.4. The molecule has 170 valence electrons. The van der Waals surface area contributed by atoms with E-state index in [4.69, 9.17) is 27.9 Å². The molecule has 2 aromatic rings. The van der Waals surface area contributed by atoms with Gasteiger partial charge in [-0.1, -0.05) is 23.2 Å². The van der Waals surface area contributed by atoms with Crippen LogP contribution in [0.15, 0.2) is 16.6 Å². The van der Waals surface area contributed by atoms with E-state index in [1.807, 2.05) is 11.8 Å². The summed E-state index contributed by atoms with van der Waals surface area (Å²) in [5.74, 6) is 0.186. The van der Waals surface area contributed by atoms with Crippen molar-refractivity contribution in [2.45, 2.75) is 32.6 Å². The van der Waals surface area contributed by atoms with E-state index in [1.165, 1.54) is 14.0 Å². The first-order valence-electron chi connectivity index (χ1n) is 9.31. The second-order valence-electron chi connectivity index (χ2n) is 7.22. The van der Waals surface area contributed by atoms with E-state index in [9.17, 15) is 18.0 Å². The van der Waals surface area contributed by atoms with E-state index < -0.39 is 11.9 Å². The second-order valence-corrected chi connectivity index (χ2v) is 8.83. The van der Waals surface area contributed by atoms with E-state index in [0.717, 1.165) is 10.4 Å². The van der Waals surface area contributed by atoms with Gasteiger partial charge in [-0.25, -0.2) is 0 Å². The minimum absolute atomic E-state index is 0.156. The molecule has 2 heterocycles. The van der Waals surface area contributed by atoms with Crippen LogP contribution in [0.4, 0.5) is 18.9 Å². The van der Waals surface area contributed by atoms with Crippen molar-refractivity contribution in [3.63, 3.8) is 0 Å². The van der Waals surface area contributed by atoms with Crippen LogP contribution in [-0.2, 0) is 17.5 Å². The lowest BCUT2D eigenvalue weighted by molar-refractivity contribution is -0.143. The SMILES string of the molecule is COc1cc(N2CCN(C(=O)Cn3nc(C(F)(F)F)c(Br)c3C)[C@@H](C)C2)c(Cl)cc1Cl. The monoisotopic (exact) mass is 542 g/mol. The molecular formula is C19H20BrCl2F3N4O2. The maximum Gasteiger partial charge on any atom is 0.436 e. The molecule has 1 aliphatic rings. The number of anilines is 1. The maximum atomic E-state index is 13.1. The normalized spacial score (nSPS) is 17.3. The van der Waals surface area contributed by atoms with Gasteiger partial charge < -0.3 is 14.5 Å². The molecule has 0 bridgehead atoms. The van der Waals surface area contributed by atoms with Crippen LogP contribution in [0.1, 0.15) is 18.3 Å². The van der Waals surface area contributed by atoms with Gasteiger partial charge >= 0.3 is 6.18 Å². The summed E-state index contributed by atoms with van der Waals surface area (Å²) in [4.78, 5) is 16.5. The topological polar surface area (TPSA) is 50.6 Å². The zero-order valence-electron chi connectivity index (χ0n) is 16.9. The molecule has 0 unspecified atom stereocenters. The fraction of sp³-hybridized carbons (Fsp3) is 0.474. The van der Waals surface area contributed by atoms with Crippen molar-refractivity contribution in [3.05, 3.63) is 38.0 Å². The van der Waals surface area contributed by atoms with E-state index in [1.54, 1.807) is 17.0 Å². The third kappa shape index (κ3) is 4.90. The van der Waals surface area contributed by atoms with Gasteiger partial charge in [0.2, 0.25) is 5.91 Å². The summed E-state index contributed by atoms with van der Waals surface area (Å²) in [7, 11) is 1.51. The van der Waals surface area contributed by atoms with Gasteiger partial charge in [0, 0.05) is 31.7 Å². The molecule has 1 aliphatic heterocycles. The number of rotatable bonds is 4. The van der Waals surface area contributed by atoms with Gasteiger partial charge in [-0.15, -0.1) is 0 Å². The lowest BCUT2D eigenvalue weighted by Gasteiger charge is -2.41. The summed E-state index contributed by atoms with van der Waals surface area (Å²) in [6.07, 6.45) is -4.60. The van der Waals surface area contributed by atoms with Crippen LogP contribution in [0.25, 0.3) is 0 Å². The van der Waals surface area contributed by atoms with Crippen molar-refractivity contribution >= 4 is 50.7 Å². The minimum atomic E-state index is -4.60. The molecule has 0 radical (unpaired) electrons. The van der Waals surface area contributed by atoms with E-state index in [0.29, 0.717) is 35.4 Å². The fourth-order valence-corrected chi connectivity index (χ4v) is 4.63. The maximum absolute atomic E-state index is 13.1. The Morgan fingerprint density at radius 1 is 1.29 bits per heavy atom. The summed E-state index contributed by atoms with van der Waals surface area (Å²) in [6.45, 7) is 4.45. The van der Waals surface area contributed by atoms with Gasteiger partial charge in [-0.3, -0.25) is 9.48 Å². The highest BCUT2D eigenvalue weighted by Gasteiger charge is 2.38. The molecule has 6 nitrogen and oxygen atoms in total. The van der Waals surface area contributed by atoms with Gasteiger partial charge in [-0.2, -0.15) is 18.3 Å². The predicted octanol–water partition coefficient (Wildman–Crippen LogP) is 5.03. The number of ether oxygens (including phenoxy) is 1. The number of nitrogens with zero attached hydrogens (tertiary/aromatic N) is 4. The number of alkyl halides is 3. The number of hydrogen-bond donors (Lipinski definition) is 0.